The van der Waals surface area contributed by atoms with Crippen LogP contribution in [0, 0.1) is 12.7 Å². The maximum Gasteiger partial charge on any atom is 0.272 e. The molecule has 0 saturated heterocycles. The van der Waals surface area contributed by atoms with Gasteiger partial charge in [0.15, 0.2) is 5.69 Å². The predicted octanol–water partition coefficient (Wildman–Crippen LogP) is 4.82. The Balaban J connectivity index is 1.76. The number of aromatic nitrogens is 2. The molecule has 1 amide bonds. The molecule has 29 heavy (non-hydrogen) atoms. The molecule has 0 saturated carbocycles. The molecule has 2 heterocycles. The van der Waals surface area contributed by atoms with Gasteiger partial charge in [0, 0.05) is 11.1 Å². The number of aryl methyl sites for hydroxylation is 1. The molecule has 4 aromatic rings. The van der Waals surface area contributed by atoms with Gasteiger partial charge in [0.2, 0.25) is 0 Å². The highest BCUT2D eigenvalue weighted by Crippen LogP contribution is 2.39. The average molecular weight is 383 g/mol. The standard InChI is InChI=1S/C24H18FN3O/c1-15-7-9-16(10-8-15)21-20-22(24(29)26-21)27-28(19-13-11-18(25)12-14-19)23(20)17-5-3-2-4-6-17/h2-14,21H,1H3,(H,26,29). The number of hydrogen-bond acceptors (Lipinski definition) is 2. The van der Waals surface area contributed by atoms with Crippen molar-refractivity contribution in [2.75, 3.05) is 0 Å². The van der Waals surface area contributed by atoms with Crippen molar-refractivity contribution in [1.29, 1.82) is 0 Å². The van der Waals surface area contributed by atoms with E-state index in [1.165, 1.54) is 12.1 Å². The molecular weight excluding hydrogens is 365 g/mol. The van der Waals surface area contributed by atoms with E-state index in [1.54, 1.807) is 16.8 Å². The predicted molar refractivity (Wildman–Crippen MR) is 109 cm³/mol. The van der Waals surface area contributed by atoms with Gasteiger partial charge in [-0.25, -0.2) is 9.07 Å². The summed E-state index contributed by atoms with van der Waals surface area (Å²) in [7, 11) is 0. The Morgan fingerprint density at radius 1 is 0.931 bits per heavy atom. The number of carbonyl (C=O) groups excluding carboxylic acids is 1. The molecule has 1 N–H and O–H groups in total. The highest BCUT2D eigenvalue weighted by Gasteiger charge is 2.37. The van der Waals surface area contributed by atoms with E-state index in [2.05, 4.69) is 10.4 Å². The summed E-state index contributed by atoms with van der Waals surface area (Å²) in [5.74, 6) is -0.520. The van der Waals surface area contributed by atoms with Gasteiger partial charge in [0.1, 0.15) is 5.82 Å². The van der Waals surface area contributed by atoms with Crippen LogP contribution in [0.15, 0.2) is 78.9 Å². The summed E-state index contributed by atoms with van der Waals surface area (Å²) in [4.78, 5) is 12.8. The summed E-state index contributed by atoms with van der Waals surface area (Å²) >= 11 is 0. The lowest BCUT2D eigenvalue weighted by Gasteiger charge is -2.16. The Kier molecular flexibility index (Phi) is 4.02. The molecule has 1 aliphatic rings. The number of rotatable bonds is 3. The van der Waals surface area contributed by atoms with E-state index >= 15 is 0 Å². The van der Waals surface area contributed by atoms with Gasteiger partial charge >= 0.3 is 0 Å². The molecule has 5 heteroatoms. The molecule has 1 unspecified atom stereocenters. The van der Waals surface area contributed by atoms with Crippen LogP contribution in [0.4, 0.5) is 4.39 Å². The largest absolute Gasteiger partial charge is 0.340 e. The summed E-state index contributed by atoms with van der Waals surface area (Å²) < 4.78 is 15.2. The van der Waals surface area contributed by atoms with Crippen LogP contribution in [0.25, 0.3) is 16.9 Å². The third kappa shape index (κ3) is 2.91. The second-order valence-corrected chi connectivity index (χ2v) is 7.18. The van der Waals surface area contributed by atoms with E-state index in [4.69, 9.17) is 0 Å². The fourth-order valence-corrected chi connectivity index (χ4v) is 3.79. The van der Waals surface area contributed by atoms with Crippen molar-refractivity contribution >= 4 is 5.91 Å². The van der Waals surface area contributed by atoms with Crippen molar-refractivity contribution in [3.8, 4) is 16.9 Å². The number of fused-ring (bicyclic) bond motifs is 1. The highest BCUT2D eigenvalue weighted by atomic mass is 19.1. The number of nitrogens with one attached hydrogen (secondary N) is 1. The molecule has 5 rings (SSSR count). The van der Waals surface area contributed by atoms with Gasteiger partial charge in [0.05, 0.1) is 17.4 Å². The molecule has 1 aromatic heterocycles. The Bertz CT molecular complexity index is 1200. The zero-order chi connectivity index (χ0) is 20.0. The van der Waals surface area contributed by atoms with Crippen molar-refractivity contribution in [3.63, 3.8) is 0 Å². The maximum atomic E-state index is 13.5. The van der Waals surface area contributed by atoms with E-state index in [-0.39, 0.29) is 17.8 Å². The minimum Gasteiger partial charge on any atom is -0.340 e. The highest BCUT2D eigenvalue weighted by molar-refractivity contribution is 6.00. The zero-order valence-electron chi connectivity index (χ0n) is 15.8. The van der Waals surface area contributed by atoms with E-state index < -0.39 is 0 Å². The summed E-state index contributed by atoms with van der Waals surface area (Å²) in [6.07, 6.45) is 0. The first-order valence-electron chi connectivity index (χ1n) is 9.43. The second-order valence-electron chi connectivity index (χ2n) is 7.18. The summed E-state index contributed by atoms with van der Waals surface area (Å²) in [5.41, 5.74) is 5.88. The topological polar surface area (TPSA) is 46.9 Å². The first kappa shape index (κ1) is 17.4. The Labute approximate surface area is 167 Å². The summed E-state index contributed by atoms with van der Waals surface area (Å²) in [6, 6.07) is 23.8. The third-order valence-corrected chi connectivity index (χ3v) is 5.23. The summed E-state index contributed by atoms with van der Waals surface area (Å²) in [6.45, 7) is 2.03. The first-order chi connectivity index (χ1) is 14.1. The quantitative estimate of drug-likeness (QED) is 0.551. The van der Waals surface area contributed by atoms with E-state index in [9.17, 15) is 9.18 Å². The van der Waals surface area contributed by atoms with Gasteiger partial charge in [-0.1, -0.05) is 60.2 Å². The number of amides is 1. The van der Waals surface area contributed by atoms with Crippen LogP contribution in [0.1, 0.15) is 33.2 Å². The molecule has 0 spiro atoms. The molecule has 4 nitrogen and oxygen atoms in total. The summed E-state index contributed by atoms with van der Waals surface area (Å²) in [5, 5.41) is 7.68. The average Bonchev–Trinajstić information content (AvgIpc) is 3.28. The molecule has 0 fully saturated rings. The van der Waals surface area contributed by atoms with Crippen LogP contribution in [0.5, 0.6) is 0 Å². The molecule has 3 aromatic carbocycles. The van der Waals surface area contributed by atoms with Crippen LogP contribution in [-0.4, -0.2) is 15.7 Å². The fourth-order valence-electron chi connectivity index (χ4n) is 3.79. The number of nitrogens with zero attached hydrogens (tertiary/aromatic N) is 2. The minimum atomic E-state index is -0.315. The first-order valence-corrected chi connectivity index (χ1v) is 9.43. The number of halogens is 1. The van der Waals surface area contributed by atoms with E-state index in [0.717, 1.165) is 27.9 Å². The van der Waals surface area contributed by atoms with E-state index in [1.807, 2.05) is 61.5 Å². The van der Waals surface area contributed by atoms with E-state index in [0.29, 0.717) is 11.4 Å². The lowest BCUT2D eigenvalue weighted by Crippen LogP contribution is -2.22. The number of carbonyl (C=O) groups is 1. The molecule has 0 aliphatic carbocycles. The monoisotopic (exact) mass is 383 g/mol. The molecular formula is C24H18FN3O. The van der Waals surface area contributed by atoms with Crippen molar-refractivity contribution < 1.29 is 9.18 Å². The normalized spacial score (nSPS) is 15.2. The van der Waals surface area contributed by atoms with Crippen molar-refractivity contribution in [2.45, 2.75) is 13.0 Å². The van der Waals surface area contributed by atoms with Gasteiger partial charge < -0.3 is 5.32 Å². The Morgan fingerprint density at radius 3 is 2.31 bits per heavy atom. The molecule has 142 valence electrons. The van der Waals surface area contributed by atoms with Crippen LogP contribution in [0.2, 0.25) is 0 Å². The Morgan fingerprint density at radius 2 is 1.62 bits per heavy atom. The van der Waals surface area contributed by atoms with Gasteiger partial charge in [-0.05, 0) is 36.8 Å². The number of hydrogen-bond donors (Lipinski definition) is 1. The van der Waals surface area contributed by atoms with Gasteiger partial charge in [-0.3, -0.25) is 4.79 Å². The zero-order valence-corrected chi connectivity index (χ0v) is 15.8. The maximum absolute atomic E-state index is 13.5. The lowest BCUT2D eigenvalue weighted by atomic mass is 9.96. The van der Waals surface area contributed by atoms with Gasteiger partial charge in [-0.15, -0.1) is 0 Å². The smallest absolute Gasteiger partial charge is 0.272 e. The molecule has 0 bridgehead atoms. The fraction of sp³-hybridized carbons (Fsp3) is 0.0833. The molecule has 1 atom stereocenters. The third-order valence-electron chi connectivity index (χ3n) is 5.23. The molecule has 0 radical (unpaired) electrons. The van der Waals surface area contributed by atoms with Crippen molar-refractivity contribution in [3.05, 3.63) is 107 Å². The second kappa shape index (κ2) is 6.71. The Hall–Kier alpha value is -3.73. The van der Waals surface area contributed by atoms with Gasteiger partial charge in [-0.2, -0.15) is 5.10 Å². The van der Waals surface area contributed by atoms with Crippen LogP contribution >= 0.6 is 0 Å². The molecule has 1 aliphatic heterocycles. The SMILES string of the molecule is Cc1ccc(C2NC(=O)c3nn(-c4ccc(F)cc4)c(-c4ccccc4)c32)cc1. The van der Waals surface area contributed by atoms with Crippen LogP contribution < -0.4 is 5.32 Å². The van der Waals surface area contributed by atoms with Crippen LogP contribution in [0.3, 0.4) is 0 Å². The van der Waals surface area contributed by atoms with Crippen molar-refractivity contribution in [2.24, 2.45) is 0 Å². The van der Waals surface area contributed by atoms with Gasteiger partial charge in [0.25, 0.3) is 5.91 Å². The lowest BCUT2D eigenvalue weighted by molar-refractivity contribution is 0.0955. The van der Waals surface area contributed by atoms with Crippen LogP contribution in [-0.2, 0) is 0 Å². The minimum absolute atomic E-state index is 0.205. The number of benzene rings is 3. The van der Waals surface area contributed by atoms with Crippen molar-refractivity contribution in [1.82, 2.24) is 15.1 Å².